The van der Waals surface area contributed by atoms with E-state index in [2.05, 4.69) is 15.5 Å². The fraction of sp³-hybridized carbons (Fsp3) is 0.474. The second-order valence-corrected chi connectivity index (χ2v) is 8.17. The van der Waals surface area contributed by atoms with Crippen LogP contribution < -0.4 is 15.9 Å². The molecule has 4 rings (SSSR count). The van der Waals surface area contributed by atoms with Crippen LogP contribution in [-0.2, 0) is 20.9 Å². The van der Waals surface area contributed by atoms with Crippen molar-refractivity contribution in [2.75, 3.05) is 22.6 Å². The number of fused-ring (bicyclic) bond motifs is 1. The van der Waals surface area contributed by atoms with Gasteiger partial charge in [-0.3, -0.25) is 14.2 Å². The average molecular weight is 417 g/mol. The SMILES string of the molecule is C[C@@H]1CC(=O)Nc2ccccc2N1C(=O)CSc1n[nH]c(=O)n1C[C@H]1CCCO1. The molecule has 0 aliphatic carbocycles. The normalized spacial score (nSPS) is 21.6. The number of rotatable bonds is 5. The fourth-order valence-corrected chi connectivity index (χ4v) is 4.55. The van der Waals surface area contributed by atoms with E-state index in [1.165, 1.54) is 16.3 Å². The van der Waals surface area contributed by atoms with Gasteiger partial charge in [-0.15, -0.1) is 5.10 Å². The zero-order valence-corrected chi connectivity index (χ0v) is 16.9. The molecule has 0 saturated carbocycles. The lowest BCUT2D eigenvalue weighted by atomic mass is 10.2. The minimum atomic E-state index is -0.307. The van der Waals surface area contributed by atoms with Gasteiger partial charge in [0.2, 0.25) is 11.8 Å². The van der Waals surface area contributed by atoms with Gasteiger partial charge in [0, 0.05) is 19.1 Å². The molecule has 2 amide bonds. The van der Waals surface area contributed by atoms with E-state index in [1.807, 2.05) is 25.1 Å². The highest BCUT2D eigenvalue weighted by atomic mass is 32.2. The Bertz CT molecular complexity index is 966. The van der Waals surface area contributed by atoms with Gasteiger partial charge in [-0.25, -0.2) is 9.89 Å². The number of carbonyl (C=O) groups excluding carboxylic acids is 2. The van der Waals surface area contributed by atoms with Crippen molar-refractivity contribution >= 4 is 35.0 Å². The van der Waals surface area contributed by atoms with E-state index in [1.54, 1.807) is 11.0 Å². The van der Waals surface area contributed by atoms with E-state index in [0.717, 1.165) is 12.8 Å². The molecule has 2 aliphatic rings. The molecule has 154 valence electrons. The zero-order valence-electron chi connectivity index (χ0n) is 16.1. The fourth-order valence-electron chi connectivity index (χ4n) is 3.73. The van der Waals surface area contributed by atoms with E-state index in [0.29, 0.717) is 29.7 Å². The number of ether oxygens (including phenoxy) is 1. The first-order chi connectivity index (χ1) is 14.0. The molecule has 1 saturated heterocycles. The van der Waals surface area contributed by atoms with Crippen molar-refractivity contribution < 1.29 is 14.3 Å². The van der Waals surface area contributed by atoms with Crippen LogP contribution in [0, 0.1) is 0 Å². The average Bonchev–Trinajstić information content (AvgIpc) is 3.29. The van der Waals surface area contributed by atoms with Crippen LogP contribution in [-0.4, -0.2) is 51.1 Å². The second-order valence-electron chi connectivity index (χ2n) is 7.23. The Kier molecular flexibility index (Phi) is 5.72. The predicted molar refractivity (Wildman–Crippen MR) is 109 cm³/mol. The number of carbonyl (C=O) groups is 2. The van der Waals surface area contributed by atoms with Crippen LogP contribution in [0.25, 0.3) is 0 Å². The third kappa shape index (κ3) is 4.23. The Morgan fingerprint density at radius 1 is 1.34 bits per heavy atom. The number of anilines is 2. The first-order valence-electron chi connectivity index (χ1n) is 9.63. The Hall–Kier alpha value is -2.59. The predicted octanol–water partition coefficient (Wildman–Crippen LogP) is 1.61. The van der Waals surface area contributed by atoms with Gasteiger partial charge in [-0.05, 0) is 31.9 Å². The quantitative estimate of drug-likeness (QED) is 0.716. The summed E-state index contributed by atoms with van der Waals surface area (Å²) in [5, 5.41) is 9.83. The number of aromatic nitrogens is 3. The largest absolute Gasteiger partial charge is 0.376 e. The number of H-pyrrole nitrogens is 1. The number of nitrogens with zero attached hydrogens (tertiary/aromatic N) is 3. The zero-order chi connectivity index (χ0) is 20.4. The summed E-state index contributed by atoms with van der Waals surface area (Å²) >= 11 is 1.21. The Morgan fingerprint density at radius 2 is 2.17 bits per heavy atom. The highest BCUT2D eigenvalue weighted by Gasteiger charge is 2.30. The number of hydrogen-bond acceptors (Lipinski definition) is 6. The first kappa shape index (κ1) is 19.7. The first-order valence-corrected chi connectivity index (χ1v) is 10.6. The smallest absolute Gasteiger partial charge is 0.344 e. The van der Waals surface area contributed by atoms with Gasteiger partial charge in [0.15, 0.2) is 5.16 Å². The Morgan fingerprint density at radius 3 is 2.97 bits per heavy atom. The van der Waals surface area contributed by atoms with E-state index < -0.39 is 0 Å². The summed E-state index contributed by atoms with van der Waals surface area (Å²) in [4.78, 5) is 38.9. The minimum absolute atomic E-state index is 0.00468. The van der Waals surface area contributed by atoms with Crippen LogP contribution in [0.2, 0.25) is 0 Å². The van der Waals surface area contributed by atoms with Gasteiger partial charge in [0.05, 0.1) is 29.8 Å². The van der Waals surface area contributed by atoms with E-state index in [9.17, 15) is 14.4 Å². The van der Waals surface area contributed by atoms with Gasteiger partial charge in [0.25, 0.3) is 0 Å². The van der Waals surface area contributed by atoms with Crippen molar-refractivity contribution in [3.63, 3.8) is 0 Å². The van der Waals surface area contributed by atoms with Crippen molar-refractivity contribution in [1.29, 1.82) is 0 Å². The molecule has 0 radical (unpaired) electrons. The maximum atomic E-state index is 13.1. The van der Waals surface area contributed by atoms with Crippen molar-refractivity contribution in [2.24, 2.45) is 0 Å². The molecule has 0 bridgehead atoms. The van der Waals surface area contributed by atoms with Gasteiger partial charge in [-0.1, -0.05) is 23.9 Å². The summed E-state index contributed by atoms with van der Waals surface area (Å²) in [6.07, 6.45) is 2.10. The summed E-state index contributed by atoms with van der Waals surface area (Å²) < 4.78 is 7.14. The van der Waals surface area contributed by atoms with Gasteiger partial charge < -0.3 is 15.0 Å². The topological polar surface area (TPSA) is 109 Å². The third-order valence-electron chi connectivity index (χ3n) is 5.09. The van der Waals surface area contributed by atoms with Crippen LogP contribution in [0.1, 0.15) is 26.2 Å². The molecule has 10 heteroatoms. The maximum absolute atomic E-state index is 13.1. The van der Waals surface area contributed by atoms with Crippen LogP contribution in [0.4, 0.5) is 11.4 Å². The molecule has 29 heavy (non-hydrogen) atoms. The summed E-state index contributed by atoms with van der Waals surface area (Å²) in [7, 11) is 0. The summed E-state index contributed by atoms with van der Waals surface area (Å²) in [5.41, 5.74) is 0.990. The molecular formula is C19H23N5O4S. The van der Waals surface area contributed by atoms with Gasteiger partial charge in [0.1, 0.15) is 0 Å². The molecule has 1 fully saturated rings. The highest BCUT2D eigenvalue weighted by molar-refractivity contribution is 7.99. The van der Waals surface area contributed by atoms with E-state index in [4.69, 9.17) is 4.74 Å². The molecule has 1 aromatic carbocycles. The van der Waals surface area contributed by atoms with Crippen molar-refractivity contribution in [2.45, 2.75) is 50.0 Å². The number of thioether (sulfide) groups is 1. The van der Waals surface area contributed by atoms with E-state index >= 15 is 0 Å². The van der Waals surface area contributed by atoms with Crippen molar-refractivity contribution in [3.8, 4) is 0 Å². The Balaban J connectivity index is 1.50. The lowest BCUT2D eigenvalue weighted by Crippen LogP contribution is -2.40. The molecule has 3 heterocycles. The Labute approximate surface area is 171 Å². The van der Waals surface area contributed by atoms with Crippen molar-refractivity contribution in [1.82, 2.24) is 14.8 Å². The number of benzene rings is 1. The monoisotopic (exact) mass is 417 g/mol. The van der Waals surface area contributed by atoms with E-state index in [-0.39, 0.29) is 41.8 Å². The number of para-hydroxylation sites is 2. The lowest BCUT2D eigenvalue weighted by Gasteiger charge is -2.27. The molecule has 2 aromatic rings. The van der Waals surface area contributed by atoms with Crippen molar-refractivity contribution in [3.05, 3.63) is 34.7 Å². The molecular weight excluding hydrogens is 394 g/mol. The lowest BCUT2D eigenvalue weighted by molar-refractivity contribution is -0.117. The molecule has 1 aromatic heterocycles. The molecule has 2 atom stereocenters. The standard InChI is InChI=1S/C19H23N5O4S/c1-12-9-16(25)20-14-6-2-3-7-15(14)24(12)17(26)11-29-19-22-21-18(27)23(19)10-13-5-4-8-28-13/h2-3,6-7,12-13H,4-5,8-11H2,1H3,(H,20,25)(H,21,27)/t12-,13-/m1/s1. The van der Waals surface area contributed by atoms with Crippen LogP contribution >= 0.6 is 11.8 Å². The molecule has 0 spiro atoms. The molecule has 0 unspecified atom stereocenters. The number of hydrogen-bond donors (Lipinski definition) is 2. The summed E-state index contributed by atoms with van der Waals surface area (Å²) in [6, 6.07) is 6.98. The number of nitrogens with one attached hydrogen (secondary N) is 2. The number of aromatic amines is 1. The number of amides is 2. The molecule has 9 nitrogen and oxygen atoms in total. The second kappa shape index (κ2) is 8.42. The molecule has 2 N–H and O–H groups in total. The van der Waals surface area contributed by atoms with Gasteiger partial charge >= 0.3 is 5.69 Å². The van der Waals surface area contributed by atoms with Crippen LogP contribution in [0.15, 0.2) is 34.2 Å². The summed E-state index contributed by atoms with van der Waals surface area (Å²) in [6.45, 7) is 2.98. The maximum Gasteiger partial charge on any atom is 0.344 e. The van der Waals surface area contributed by atoms with Crippen LogP contribution in [0.5, 0.6) is 0 Å². The summed E-state index contributed by atoms with van der Waals surface area (Å²) in [5.74, 6) is -0.168. The van der Waals surface area contributed by atoms with Gasteiger partial charge in [-0.2, -0.15) is 0 Å². The molecule has 2 aliphatic heterocycles. The minimum Gasteiger partial charge on any atom is -0.376 e. The highest BCUT2D eigenvalue weighted by Crippen LogP contribution is 2.32. The third-order valence-corrected chi connectivity index (χ3v) is 6.05. The van der Waals surface area contributed by atoms with Crippen LogP contribution in [0.3, 0.4) is 0 Å².